The average molecular weight is 442 g/mol. The molecule has 0 heterocycles. The summed E-state index contributed by atoms with van der Waals surface area (Å²) in [5.74, 6) is -2.78. The van der Waals surface area contributed by atoms with Gasteiger partial charge in [-0.05, 0) is 0 Å². The van der Waals surface area contributed by atoms with Crippen molar-refractivity contribution in [2.75, 3.05) is 28.2 Å². The van der Waals surface area contributed by atoms with Gasteiger partial charge in [-0.2, -0.15) is 13.2 Å². The summed E-state index contributed by atoms with van der Waals surface area (Å²) >= 11 is 0. The van der Waals surface area contributed by atoms with E-state index in [9.17, 15) is 18.0 Å². The average Bonchev–Trinajstić information content (AvgIpc) is 2.26. The third-order valence-corrected chi connectivity index (χ3v) is 1.62. The van der Waals surface area contributed by atoms with Crippen molar-refractivity contribution in [1.29, 1.82) is 0 Å². The Bertz CT molecular complexity index is 459. The van der Waals surface area contributed by atoms with E-state index < -0.39 is 17.7 Å². The monoisotopic (exact) mass is 443 g/mol. The van der Waals surface area contributed by atoms with Crippen molar-refractivity contribution in [3.63, 3.8) is 0 Å². The SMILES string of the molecule is C[N+](C)(C)C.O=C(C=C(O)C(F)(F)F)c1ccccc1.[Eu]. The number of aliphatic hydroxyl groups excluding tert-OH is 1. The fourth-order valence-electron chi connectivity index (χ4n) is 0.892. The van der Waals surface area contributed by atoms with Crippen LogP contribution in [0.1, 0.15) is 10.4 Å². The van der Waals surface area contributed by atoms with Crippen LogP contribution in [0.25, 0.3) is 0 Å². The molecule has 0 spiro atoms. The maximum atomic E-state index is 11.9. The summed E-state index contributed by atoms with van der Waals surface area (Å²) in [4.78, 5) is 11.2. The zero-order chi connectivity index (χ0) is 16.0. The quantitative estimate of drug-likeness (QED) is 0.331. The van der Waals surface area contributed by atoms with E-state index in [-0.39, 0.29) is 61.0 Å². The molecule has 21 heavy (non-hydrogen) atoms. The van der Waals surface area contributed by atoms with Crippen molar-refractivity contribution in [2.45, 2.75) is 6.18 Å². The summed E-state index contributed by atoms with van der Waals surface area (Å²) in [6.45, 7) is 0. The van der Waals surface area contributed by atoms with E-state index in [4.69, 9.17) is 5.11 Å². The molecule has 1 N–H and O–H groups in total. The number of allylic oxidation sites excluding steroid dienone is 2. The molecule has 0 fully saturated rings. The Balaban J connectivity index is 0. The topological polar surface area (TPSA) is 37.3 Å². The number of aliphatic hydroxyl groups is 1. The molecule has 0 aliphatic carbocycles. The van der Waals surface area contributed by atoms with Crippen LogP contribution >= 0.6 is 0 Å². The molecule has 3 nitrogen and oxygen atoms in total. The van der Waals surface area contributed by atoms with E-state index in [1.807, 2.05) is 0 Å². The summed E-state index contributed by atoms with van der Waals surface area (Å²) in [5, 5.41) is 8.53. The Morgan fingerprint density at radius 1 is 1.10 bits per heavy atom. The van der Waals surface area contributed by atoms with E-state index in [1.54, 1.807) is 6.07 Å². The van der Waals surface area contributed by atoms with E-state index in [0.717, 1.165) is 4.48 Å². The fraction of sp³-hybridized carbons (Fsp3) is 0.357. The maximum Gasteiger partial charge on any atom is 0.448 e. The number of alkyl halides is 3. The zero-order valence-electron chi connectivity index (χ0n) is 12.3. The summed E-state index contributed by atoms with van der Waals surface area (Å²) < 4.78 is 36.6. The van der Waals surface area contributed by atoms with Gasteiger partial charge in [0.1, 0.15) is 0 Å². The molecule has 1 aromatic carbocycles. The number of quaternary nitrogens is 1. The number of ketones is 1. The van der Waals surface area contributed by atoms with Crippen molar-refractivity contribution >= 4 is 5.78 Å². The first-order valence-electron chi connectivity index (χ1n) is 5.77. The summed E-state index contributed by atoms with van der Waals surface area (Å²) in [7, 11) is 8.50. The first-order valence-corrected chi connectivity index (χ1v) is 5.77. The number of benzene rings is 1. The van der Waals surface area contributed by atoms with Crippen LogP contribution in [0.4, 0.5) is 13.2 Å². The maximum absolute atomic E-state index is 11.9. The van der Waals surface area contributed by atoms with Crippen LogP contribution in [-0.2, 0) is 0 Å². The van der Waals surface area contributed by atoms with Gasteiger partial charge in [0.05, 0.1) is 28.2 Å². The second kappa shape index (κ2) is 9.71. The fourth-order valence-corrected chi connectivity index (χ4v) is 0.892. The number of carbonyl (C=O) groups is 1. The van der Waals surface area contributed by atoms with E-state index >= 15 is 0 Å². The molecular formula is C14H19EuF3NO2+. The van der Waals surface area contributed by atoms with Gasteiger partial charge in [0.2, 0.25) is 5.76 Å². The van der Waals surface area contributed by atoms with Crippen LogP contribution in [0, 0.1) is 49.4 Å². The largest absolute Gasteiger partial charge is 0.504 e. The van der Waals surface area contributed by atoms with Crippen molar-refractivity contribution in [3.8, 4) is 0 Å². The van der Waals surface area contributed by atoms with Gasteiger partial charge in [0, 0.05) is 61.0 Å². The van der Waals surface area contributed by atoms with Crippen LogP contribution in [0.3, 0.4) is 0 Å². The van der Waals surface area contributed by atoms with Crippen LogP contribution in [-0.4, -0.2) is 49.7 Å². The normalized spacial score (nSPS) is 11.9. The van der Waals surface area contributed by atoms with Crippen molar-refractivity contribution < 1.29 is 76.9 Å². The van der Waals surface area contributed by atoms with E-state index in [1.165, 1.54) is 24.3 Å². The Hall–Kier alpha value is -0.236. The third kappa shape index (κ3) is 13.2. The summed E-state index contributed by atoms with van der Waals surface area (Å²) in [6, 6.07) is 7.40. The molecule has 0 bridgehead atoms. The number of hydrogen-bond acceptors (Lipinski definition) is 2. The summed E-state index contributed by atoms with van der Waals surface area (Å²) in [6.07, 6.45) is -4.72. The van der Waals surface area contributed by atoms with Gasteiger partial charge in [0.25, 0.3) is 0 Å². The van der Waals surface area contributed by atoms with Gasteiger partial charge in [-0.3, -0.25) is 4.79 Å². The van der Waals surface area contributed by atoms with E-state index in [0.29, 0.717) is 0 Å². The zero-order valence-corrected chi connectivity index (χ0v) is 14.7. The van der Waals surface area contributed by atoms with Crippen molar-refractivity contribution in [3.05, 3.63) is 47.7 Å². The van der Waals surface area contributed by atoms with Crippen molar-refractivity contribution in [1.82, 2.24) is 0 Å². The molecular weight excluding hydrogens is 423 g/mol. The van der Waals surface area contributed by atoms with Gasteiger partial charge in [-0.25, -0.2) is 0 Å². The Morgan fingerprint density at radius 3 is 1.81 bits per heavy atom. The molecule has 1 rings (SSSR count). The van der Waals surface area contributed by atoms with Crippen LogP contribution < -0.4 is 0 Å². The van der Waals surface area contributed by atoms with Gasteiger partial charge < -0.3 is 9.59 Å². The summed E-state index contributed by atoms with van der Waals surface area (Å²) in [5.41, 5.74) is 0.0910. The van der Waals surface area contributed by atoms with Gasteiger partial charge >= 0.3 is 6.18 Å². The van der Waals surface area contributed by atoms with Gasteiger partial charge in [-0.15, -0.1) is 0 Å². The molecule has 1 radical (unpaired) electrons. The van der Waals surface area contributed by atoms with Crippen LogP contribution in [0.15, 0.2) is 42.2 Å². The number of hydrogen-bond donors (Lipinski definition) is 1. The molecule has 0 amide bonds. The molecule has 0 aliphatic rings. The van der Waals surface area contributed by atoms with Gasteiger partial charge in [-0.1, -0.05) is 30.3 Å². The molecule has 0 aromatic heterocycles. The molecule has 119 valence electrons. The first kappa shape index (κ1) is 23.0. The molecule has 1 aromatic rings. The van der Waals surface area contributed by atoms with Crippen LogP contribution in [0.2, 0.25) is 0 Å². The molecule has 0 saturated heterocycles. The molecule has 0 aliphatic heterocycles. The minimum absolute atomic E-state index is 0. The minimum Gasteiger partial charge on any atom is -0.504 e. The van der Waals surface area contributed by atoms with Crippen molar-refractivity contribution in [2.24, 2.45) is 0 Å². The smallest absolute Gasteiger partial charge is 0.448 e. The second-order valence-electron chi connectivity index (χ2n) is 5.44. The molecule has 0 unspecified atom stereocenters. The number of rotatable bonds is 2. The van der Waals surface area contributed by atoms with Crippen LogP contribution in [0.5, 0.6) is 0 Å². The Kier molecular flexibility index (Phi) is 10.7. The standard InChI is InChI=1S/C10H7F3O2.C4H12N.Eu/c11-10(12,13)9(15)6-8(14)7-4-2-1-3-5-7;1-5(2,3)4;/h1-6,15H;1-4H3;/q;+1;. The Morgan fingerprint density at radius 2 is 1.48 bits per heavy atom. The first-order chi connectivity index (χ1) is 8.91. The minimum atomic E-state index is -4.88. The van der Waals surface area contributed by atoms with E-state index in [2.05, 4.69) is 28.2 Å². The Labute approximate surface area is 163 Å². The number of nitrogens with zero attached hydrogens (tertiary/aromatic N) is 1. The third-order valence-electron chi connectivity index (χ3n) is 1.62. The van der Waals surface area contributed by atoms with Gasteiger partial charge in [0.15, 0.2) is 5.78 Å². The molecule has 7 heteroatoms. The predicted molar refractivity (Wildman–Crippen MR) is 71.5 cm³/mol. The predicted octanol–water partition coefficient (Wildman–Crippen LogP) is 3.20. The number of halogens is 3. The molecule has 0 atom stereocenters. The molecule has 0 saturated carbocycles. The number of carbonyl (C=O) groups excluding carboxylic acids is 1. The second-order valence-corrected chi connectivity index (χ2v) is 5.44.